The van der Waals surface area contributed by atoms with Gasteiger partial charge in [0.15, 0.2) is 17.3 Å². The number of hydrogen-bond donors (Lipinski definition) is 0. The van der Waals surface area contributed by atoms with Gasteiger partial charge in [0.1, 0.15) is 0 Å². The summed E-state index contributed by atoms with van der Waals surface area (Å²) >= 11 is 3.47. The van der Waals surface area contributed by atoms with Crippen molar-refractivity contribution in [3.05, 3.63) is 64.7 Å². The van der Waals surface area contributed by atoms with Crippen LogP contribution >= 0.6 is 15.9 Å². The van der Waals surface area contributed by atoms with Crippen LogP contribution in [0.4, 0.5) is 13.2 Å². The SMILES string of the molecule is Cc1cc(C)c([I+]c2cccc(Br)c2)c(C)c1.O=S(=O)([O-])C(F)(F)F. The van der Waals surface area contributed by atoms with Crippen LogP contribution in [-0.4, -0.2) is 18.5 Å². The Morgan fingerprint density at radius 1 is 1.04 bits per heavy atom. The van der Waals surface area contributed by atoms with E-state index in [0.717, 1.165) is 0 Å². The molecule has 0 N–H and O–H groups in total. The molecule has 0 saturated carbocycles. The molecular formula is C16H15BrF3IO3S. The lowest BCUT2D eigenvalue weighted by Gasteiger charge is -2.08. The lowest BCUT2D eigenvalue weighted by Crippen LogP contribution is -3.62. The average Bonchev–Trinajstić information content (AvgIpc) is 2.41. The van der Waals surface area contributed by atoms with Gasteiger partial charge in [0, 0.05) is 21.7 Å². The van der Waals surface area contributed by atoms with E-state index in [1.54, 1.807) is 3.57 Å². The quantitative estimate of drug-likeness (QED) is 0.324. The summed E-state index contributed by atoms with van der Waals surface area (Å²) < 4.78 is 63.1. The van der Waals surface area contributed by atoms with Crippen LogP contribution < -0.4 is 21.2 Å². The fourth-order valence-corrected chi connectivity index (χ4v) is 5.43. The van der Waals surface area contributed by atoms with Crippen molar-refractivity contribution in [1.29, 1.82) is 0 Å². The van der Waals surface area contributed by atoms with Crippen molar-refractivity contribution in [1.82, 2.24) is 0 Å². The molecule has 25 heavy (non-hydrogen) atoms. The van der Waals surface area contributed by atoms with Gasteiger partial charge in [0.2, 0.25) is 0 Å². The van der Waals surface area contributed by atoms with E-state index >= 15 is 0 Å². The molecule has 0 fully saturated rings. The van der Waals surface area contributed by atoms with E-state index in [1.807, 2.05) is 0 Å². The molecular weight excluding hydrogens is 536 g/mol. The van der Waals surface area contributed by atoms with Gasteiger partial charge in [-0.05, 0) is 32.9 Å². The summed E-state index contributed by atoms with van der Waals surface area (Å²) in [4.78, 5) is 0. The fourth-order valence-electron chi connectivity index (χ4n) is 1.94. The highest BCUT2D eigenvalue weighted by Gasteiger charge is 2.36. The minimum absolute atomic E-state index is 0.0743. The second kappa shape index (κ2) is 8.83. The van der Waals surface area contributed by atoms with Crippen molar-refractivity contribution in [3.8, 4) is 0 Å². The van der Waals surface area contributed by atoms with E-state index in [9.17, 15) is 13.2 Å². The molecule has 2 aromatic rings. The molecule has 0 heterocycles. The van der Waals surface area contributed by atoms with Crippen LogP contribution in [0.15, 0.2) is 40.9 Å². The number of alkyl halides is 3. The zero-order chi connectivity index (χ0) is 19.4. The minimum Gasteiger partial charge on any atom is -0.741 e. The Labute approximate surface area is 163 Å². The lowest BCUT2D eigenvalue weighted by atomic mass is 10.1. The fraction of sp³-hybridized carbons (Fsp3) is 0.250. The molecule has 0 spiro atoms. The molecule has 3 nitrogen and oxygen atoms in total. The van der Waals surface area contributed by atoms with Crippen molar-refractivity contribution in [2.45, 2.75) is 26.3 Å². The molecule has 2 rings (SSSR count). The standard InChI is InChI=1S/C15H15BrI.CHF3O3S/c1-10-7-11(2)15(12(3)8-10)17-14-6-4-5-13(16)9-14;2-1(3,4)8(5,6)7/h4-9H,1-3H3;(H,5,6,7)/q+1;/p-1. The zero-order valence-electron chi connectivity index (χ0n) is 13.5. The van der Waals surface area contributed by atoms with Crippen LogP contribution in [-0.2, 0) is 10.1 Å². The molecule has 0 atom stereocenters. The van der Waals surface area contributed by atoms with Crippen LogP contribution in [0.1, 0.15) is 16.7 Å². The van der Waals surface area contributed by atoms with Gasteiger partial charge in [-0.15, -0.1) is 0 Å². The van der Waals surface area contributed by atoms with E-state index in [2.05, 4.69) is 73.1 Å². The molecule has 2 aromatic carbocycles. The Hall–Kier alpha value is -0.650. The van der Waals surface area contributed by atoms with E-state index in [4.69, 9.17) is 13.0 Å². The van der Waals surface area contributed by atoms with E-state index < -0.39 is 15.6 Å². The average molecular weight is 551 g/mol. The summed E-state index contributed by atoms with van der Waals surface area (Å²) in [6, 6.07) is 13.3. The first kappa shape index (κ1) is 22.4. The molecule has 9 heteroatoms. The van der Waals surface area contributed by atoms with Gasteiger partial charge in [-0.3, -0.25) is 0 Å². The Balaban J connectivity index is 0.000000333. The van der Waals surface area contributed by atoms with Crippen molar-refractivity contribution >= 4 is 26.0 Å². The number of hydrogen-bond acceptors (Lipinski definition) is 3. The van der Waals surface area contributed by atoms with Crippen molar-refractivity contribution < 1.29 is 47.3 Å². The number of halogens is 5. The topological polar surface area (TPSA) is 57.2 Å². The van der Waals surface area contributed by atoms with Crippen LogP contribution in [0.2, 0.25) is 0 Å². The van der Waals surface area contributed by atoms with E-state index in [0.29, 0.717) is 0 Å². The highest BCUT2D eigenvalue weighted by molar-refractivity contribution is 9.10. The van der Waals surface area contributed by atoms with Gasteiger partial charge in [-0.25, -0.2) is 8.42 Å². The largest absolute Gasteiger partial charge is 0.741 e. The first-order valence-electron chi connectivity index (χ1n) is 6.81. The smallest absolute Gasteiger partial charge is 0.485 e. The molecule has 0 aliphatic rings. The van der Waals surface area contributed by atoms with Gasteiger partial charge >= 0.3 is 26.7 Å². The third-order valence-corrected chi connectivity index (χ3v) is 7.45. The Morgan fingerprint density at radius 3 is 1.92 bits per heavy atom. The van der Waals surface area contributed by atoms with Gasteiger partial charge in [-0.1, -0.05) is 39.7 Å². The molecule has 0 saturated heterocycles. The van der Waals surface area contributed by atoms with Crippen LogP contribution in [0, 0.1) is 27.9 Å². The van der Waals surface area contributed by atoms with Gasteiger partial charge in [0.25, 0.3) is 0 Å². The summed E-state index contributed by atoms with van der Waals surface area (Å²) in [7, 11) is -6.09. The first-order chi connectivity index (χ1) is 11.3. The third-order valence-electron chi connectivity index (χ3n) is 2.85. The predicted molar refractivity (Wildman–Crippen MR) is 87.9 cm³/mol. The van der Waals surface area contributed by atoms with Crippen LogP contribution in [0.3, 0.4) is 0 Å². The van der Waals surface area contributed by atoms with Crippen molar-refractivity contribution in [2.24, 2.45) is 0 Å². The molecule has 0 aliphatic carbocycles. The second-order valence-corrected chi connectivity index (χ2v) is 10.3. The highest BCUT2D eigenvalue weighted by Crippen LogP contribution is 2.20. The van der Waals surface area contributed by atoms with Gasteiger partial charge in [-0.2, -0.15) is 13.2 Å². The Bertz CT molecular complexity index is 829. The van der Waals surface area contributed by atoms with E-state index in [-0.39, 0.29) is 21.2 Å². The Morgan fingerprint density at radius 2 is 1.52 bits per heavy atom. The first-order valence-corrected chi connectivity index (χ1v) is 11.2. The summed E-state index contributed by atoms with van der Waals surface area (Å²) in [5.74, 6) is 0. The van der Waals surface area contributed by atoms with Gasteiger partial charge < -0.3 is 4.55 Å². The second-order valence-electron chi connectivity index (χ2n) is 5.15. The maximum Gasteiger partial charge on any atom is 0.485 e. The summed E-state index contributed by atoms with van der Waals surface area (Å²) in [6.07, 6.45) is 0. The molecule has 0 radical (unpaired) electrons. The number of benzene rings is 2. The molecule has 0 amide bonds. The third kappa shape index (κ3) is 7.24. The zero-order valence-corrected chi connectivity index (χ0v) is 18.0. The minimum atomic E-state index is -6.09. The predicted octanol–water partition coefficient (Wildman–Crippen LogP) is 1.55. The molecule has 0 unspecified atom stereocenters. The lowest BCUT2D eigenvalue weighted by molar-refractivity contribution is -0.598. The monoisotopic (exact) mass is 550 g/mol. The van der Waals surface area contributed by atoms with Gasteiger partial charge in [0.05, 0.1) is 0 Å². The molecule has 0 aromatic heterocycles. The normalized spacial score (nSPS) is 11.7. The van der Waals surface area contributed by atoms with Crippen LogP contribution in [0.25, 0.3) is 0 Å². The maximum absolute atomic E-state index is 10.7. The van der Waals surface area contributed by atoms with Crippen molar-refractivity contribution in [2.75, 3.05) is 0 Å². The summed E-state index contributed by atoms with van der Waals surface area (Å²) in [6.45, 7) is 6.63. The van der Waals surface area contributed by atoms with Crippen LogP contribution in [0.5, 0.6) is 0 Å². The summed E-state index contributed by atoms with van der Waals surface area (Å²) in [5, 5.41) is 0. The number of aryl methyl sites for hydroxylation is 3. The van der Waals surface area contributed by atoms with E-state index in [1.165, 1.54) is 24.7 Å². The molecule has 0 bridgehead atoms. The van der Waals surface area contributed by atoms with Crippen molar-refractivity contribution in [3.63, 3.8) is 0 Å². The summed E-state index contributed by atoms with van der Waals surface area (Å²) in [5.41, 5.74) is -1.40. The highest BCUT2D eigenvalue weighted by atomic mass is 127. The Kier molecular flexibility index (Phi) is 7.91. The maximum atomic E-state index is 10.7. The number of rotatable bonds is 2. The molecule has 138 valence electrons. The molecule has 0 aliphatic heterocycles.